The minimum atomic E-state index is -0.125. The number of hydrogen-bond donors (Lipinski definition) is 1. The number of rotatable bonds is 8. The van der Waals surface area contributed by atoms with E-state index in [1.54, 1.807) is 18.0 Å². The van der Waals surface area contributed by atoms with E-state index in [0.717, 1.165) is 29.4 Å². The monoisotopic (exact) mass is 367 g/mol. The van der Waals surface area contributed by atoms with E-state index in [4.69, 9.17) is 9.15 Å². The number of nitrogens with one attached hydrogen (secondary N) is 1. The fourth-order valence-corrected chi connectivity index (χ4v) is 3.39. The summed E-state index contributed by atoms with van der Waals surface area (Å²) in [6, 6.07) is 20.8. The Kier molecular flexibility index (Phi) is 6.39. The molecule has 0 aliphatic heterocycles. The van der Waals surface area contributed by atoms with Gasteiger partial charge >= 0.3 is 0 Å². The number of thioether (sulfide) groups is 1. The highest BCUT2D eigenvalue weighted by Gasteiger charge is 2.17. The Morgan fingerprint density at radius 3 is 2.42 bits per heavy atom. The summed E-state index contributed by atoms with van der Waals surface area (Å²) in [7, 11) is 0. The van der Waals surface area contributed by atoms with E-state index in [2.05, 4.69) is 5.32 Å². The van der Waals surface area contributed by atoms with Crippen LogP contribution in [0.1, 0.15) is 19.1 Å². The summed E-state index contributed by atoms with van der Waals surface area (Å²) >= 11 is 1.58. The number of amides is 1. The lowest BCUT2D eigenvalue weighted by Gasteiger charge is -2.14. The van der Waals surface area contributed by atoms with Crippen molar-refractivity contribution < 1.29 is 13.9 Å². The van der Waals surface area contributed by atoms with Gasteiger partial charge in [-0.05, 0) is 55.0 Å². The van der Waals surface area contributed by atoms with Gasteiger partial charge in [0.1, 0.15) is 17.3 Å². The second-order valence-corrected chi connectivity index (χ2v) is 6.91. The lowest BCUT2D eigenvalue weighted by Crippen LogP contribution is -2.24. The predicted molar refractivity (Wildman–Crippen MR) is 106 cm³/mol. The van der Waals surface area contributed by atoms with Crippen LogP contribution >= 0.6 is 11.8 Å². The van der Waals surface area contributed by atoms with Crippen LogP contribution in [0.5, 0.6) is 11.5 Å². The average Bonchev–Trinajstić information content (AvgIpc) is 3.18. The molecule has 1 unspecified atom stereocenters. The van der Waals surface area contributed by atoms with Crippen molar-refractivity contribution in [2.24, 2.45) is 0 Å². The lowest BCUT2D eigenvalue weighted by molar-refractivity contribution is -0.115. The maximum absolute atomic E-state index is 12.5. The molecule has 1 N–H and O–H groups in total. The Morgan fingerprint density at radius 2 is 1.77 bits per heavy atom. The van der Waals surface area contributed by atoms with Gasteiger partial charge in [-0.1, -0.05) is 25.1 Å². The Hall–Kier alpha value is -2.66. The first-order chi connectivity index (χ1) is 12.7. The fraction of sp³-hybridized carbons (Fsp3) is 0.190. The molecule has 26 heavy (non-hydrogen) atoms. The largest absolute Gasteiger partial charge is 0.468 e. The molecule has 1 atom stereocenters. The summed E-state index contributed by atoms with van der Waals surface area (Å²) in [6.07, 6.45) is 2.41. The molecule has 134 valence electrons. The van der Waals surface area contributed by atoms with E-state index >= 15 is 0 Å². The summed E-state index contributed by atoms with van der Waals surface area (Å²) in [5, 5.41) is 2.84. The standard InChI is InChI=1S/C21H21NO3S/c1-2-20(26-15-19-9-6-14-24-19)21(23)22-16-10-12-18(13-11-16)25-17-7-4-3-5-8-17/h3-14,20H,2,15H2,1H3,(H,22,23). The first kappa shape index (κ1) is 18.1. The number of ether oxygens (including phenoxy) is 1. The number of carbonyl (C=O) groups excluding carboxylic acids is 1. The number of furan rings is 1. The molecule has 2 aromatic carbocycles. The molecule has 1 aromatic heterocycles. The summed E-state index contributed by atoms with van der Waals surface area (Å²) in [5.74, 6) is 3.07. The van der Waals surface area contributed by atoms with Crippen LogP contribution in [0.2, 0.25) is 0 Å². The van der Waals surface area contributed by atoms with Crippen LogP contribution in [0.15, 0.2) is 77.4 Å². The van der Waals surface area contributed by atoms with Crippen molar-refractivity contribution in [2.75, 3.05) is 5.32 Å². The highest BCUT2D eigenvalue weighted by molar-refractivity contribution is 7.99. The molecular weight excluding hydrogens is 346 g/mol. The summed E-state index contributed by atoms with van der Waals surface area (Å²) in [4.78, 5) is 12.5. The second kappa shape index (κ2) is 9.15. The van der Waals surface area contributed by atoms with Gasteiger partial charge in [-0.3, -0.25) is 4.79 Å². The molecule has 0 saturated heterocycles. The topological polar surface area (TPSA) is 51.5 Å². The molecule has 1 heterocycles. The zero-order valence-electron chi connectivity index (χ0n) is 14.6. The van der Waals surface area contributed by atoms with E-state index in [1.165, 1.54) is 0 Å². The number of carbonyl (C=O) groups is 1. The van der Waals surface area contributed by atoms with Crippen molar-refractivity contribution in [1.29, 1.82) is 0 Å². The van der Waals surface area contributed by atoms with Gasteiger partial charge in [-0.15, -0.1) is 11.8 Å². The van der Waals surface area contributed by atoms with Crippen molar-refractivity contribution in [1.82, 2.24) is 0 Å². The number of benzene rings is 2. The molecule has 5 heteroatoms. The molecule has 1 amide bonds. The minimum Gasteiger partial charge on any atom is -0.468 e. The third kappa shape index (κ3) is 5.17. The van der Waals surface area contributed by atoms with Crippen LogP contribution in [0.4, 0.5) is 5.69 Å². The second-order valence-electron chi connectivity index (χ2n) is 5.72. The first-order valence-electron chi connectivity index (χ1n) is 8.52. The molecule has 0 aliphatic carbocycles. The van der Waals surface area contributed by atoms with Gasteiger partial charge in [0.2, 0.25) is 5.91 Å². The van der Waals surface area contributed by atoms with Crippen molar-refractivity contribution in [3.05, 3.63) is 78.8 Å². The molecule has 3 rings (SSSR count). The normalized spacial score (nSPS) is 11.7. The maximum atomic E-state index is 12.5. The van der Waals surface area contributed by atoms with Crippen LogP contribution in [0.25, 0.3) is 0 Å². The Labute approximate surface area is 157 Å². The molecule has 0 radical (unpaired) electrons. The van der Waals surface area contributed by atoms with E-state index < -0.39 is 0 Å². The predicted octanol–water partition coefficient (Wildman–Crippen LogP) is 5.72. The van der Waals surface area contributed by atoms with Gasteiger partial charge in [-0.25, -0.2) is 0 Å². The molecule has 0 fully saturated rings. The van der Waals surface area contributed by atoms with Crippen molar-refractivity contribution in [3.63, 3.8) is 0 Å². The average molecular weight is 367 g/mol. The summed E-state index contributed by atoms with van der Waals surface area (Å²) < 4.78 is 11.1. The fourth-order valence-electron chi connectivity index (χ4n) is 2.41. The van der Waals surface area contributed by atoms with E-state index in [1.807, 2.05) is 73.7 Å². The SMILES string of the molecule is CCC(SCc1ccco1)C(=O)Nc1ccc(Oc2ccccc2)cc1. The van der Waals surface area contributed by atoms with Gasteiger partial charge in [0.25, 0.3) is 0 Å². The van der Waals surface area contributed by atoms with Gasteiger partial charge in [0.15, 0.2) is 0 Å². The first-order valence-corrected chi connectivity index (χ1v) is 9.57. The lowest BCUT2D eigenvalue weighted by atomic mass is 10.2. The van der Waals surface area contributed by atoms with Crippen LogP contribution in [-0.4, -0.2) is 11.2 Å². The number of para-hydroxylation sites is 1. The zero-order valence-corrected chi connectivity index (χ0v) is 15.4. The number of anilines is 1. The van der Waals surface area contributed by atoms with Crippen LogP contribution in [-0.2, 0) is 10.5 Å². The molecule has 0 saturated carbocycles. The molecule has 0 bridgehead atoms. The van der Waals surface area contributed by atoms with E-state index in [0.29, 0.717) is 5.75 Å². The van der Waals surface area contributed by atoms with Crippen molar-refractivity contribution in [2.45, 2.75) is 24.3 Å². The summed E-state index contributed by atoms with van der Waals surface area (Å²) in [5.41, 5.74) is 0.757. The van der Waals surface area contributed by atoms with Crippen LogP contribution in [0.3, 0.4) is 0 Å². The van der Waals surface area contributed by atoms with E-state index in [-0.39, 0.29) is 11.2 Å². The van der Waals surface area contributed by atoms with Crippen molar-refractivity contribution >= 4 is 23.4 Å². The Balaban J connectivity index is 1.54. The number of hydrogen-bond acceptors (Lipinski definition) is 4. The Bertz CT molecular complexity index is 801. The van der Waals surface area contributed by atoms with E-state index in [9.17, 15) is 4.79 Å². The molecule has 0 aliphatic rings. The highest BCUT2D eigenvalue weighted by atomic mass is 32.2. The van der Waals surface area contributed by atoms with Crippen molar-refractivity contribution in [3.8, 4) is 11.5 Å². The molecule has 4 nitrogen and oxygen atoms in total. The van der Waals surface area contributed by atoms with Gasteiger partial charge in [-0.2, -0.15) is 0 Å². The van der Waals surface area contributed by atoms with Crippen LogP contribution < -0.4 is 10.1 Å². The third-order valence-corrected chi connectivity index (χ3v) is 5.17. The van der Waals surface area contributed by atoms with Gasteiger partial charge < -0.3 is 14.5 Å². The molecule has 3 aromatic rings. The van der Waals surface area contributed by atoms with Gasteiger partial charge in [0.05, 0.1) is 17.3 Å². The quantitative estimate of drug-likeness (QED) is 0.553. The van der Waals surface area contributed by atoms with Crippen LogP contribution in [0, 0.1) is 0 Å². The third-order valence-electron chi connectivity index (χ3n) is 3.77. The summed E-state index contributed by atoms with van der Waals surface area (Å²) in [6.45, 7) is 2.01. The van der Waals surface area contributed by atoms with Gasteiger partial charge in [0, 0.05) is 5.69 Å². The molecular formula is C21H21NO3S. The highest BCUT2D eigenvalue weighted by Crippen LogP contribution is 2.25. The Morgan fingerprint density at radius 1 is 1.04 bits per heavy atom. The molecule has 0 spiro atoms. The zero-order chi connectivity index (χ0) is 18.2. The smallest absolute Gasteiger partial charge is 0.237 e. The maximum Gasteiger partial charge on any atom is 0.237 e. The minimum absolute atomic E-state index is 0.000726.